The minimum absolute atomic E-state index is 0.0199. The average molecular weight is 491 g/mol. The molecule has 1 atom stereocenters. The molecule has 3 aromatic carbocycles. The third-order valence-corrected chi connectivity index (χ3v) is 6.78. The number of alkyl halides is 3. The molecule has 4 aromatic rings. The first-order valence-electron chi connectivity index (χ1n) is 11.9. The molecule has 1 amide bonds. The van der Waals surface area contributed by atoms with Gasteiger partial charge in [0.2, 0.25) is 0 Å². The number of para-hydroxylation sites is 1. The number of fused-ring (bicyclic) bond motifs is 1. The van der Waals surface area contributed by atoms with Gasteiger partial charge in [-0.1, -0.05) is 42.5 Å². The summed E-state index contributed by atoms with van der Waals surface area (Å²) in [5, 5.41) is 1.15. The Labute approximate surface area is 207 Å². The SMILES string of the molecule is Cc1c(C(=O)N2CC[C@H](Cc3ccnc4ccccc34)C2)cccc1-c1ccc(OC(F)(F)F)cc1. The second-order valence-electron chi connectivity index (χ2n) is 9.15. The molecular formula is C29H25F3N2O2. The van der Waals surface area contributed by atoms with Crippen LogP contribution in [-0.4, -0.2) is 35.2 Å². The highest BCUT2D eigenvalue weighted by molar-refractivity contribution is 5.97. The van der Waals surface area contributed by atoms with Gasteiger partial charge in [0.25, 0.3) is 5.91 Å². The van der Waals surface area contributed by atoms with Gasteiger partial charge in [-0.2, -0.15) is 0 Å². The molecule has 1 fully saturated rings. The monoisotopic (exact) mass is 490 g/mol. The van der Waals surface area contributed by atoms with Gasteiger partial charge >= 0.3 is 6.36 Å². The number of ether oxygens (including phenoxy) is 1. The minimum Gasteiger partial charge on any atom is -0.406 e. The number of carbonyl (C=O) groups excluding carboxylic acids is 1. The molecule has 1 aliphatic heterocycles. The summed E-state index contributed by atoms with van der Waals surface area (Å²) in [6, 6.07) is 21.4. The Balaban J connectivity index is 1.31. The summed E-state index contributed by atoms with van der Waals surface area (Å²) in [5.41, 5.74) is 5.16. The van der Waals surface area contributed by atoms with E-state index in [-0.39, 0.29) is 11.7 Å². The molecule has 0 radical (unpaired) electrons. The molecule has 0 unspecified atom stereocenters. The molecule has 2 heterocycles. The number of halogens is 3. The van der Waals surface area contributed by atoms with Gasteiger partial charge in [0.15, 0.2) is 0 Å². The Morgan fingerprint density at radius 2 is 1.81 bits per heavy atom. The Morgan fingerprint density at radius 1 is 1.03 bits per heavy atom. The van der Waals surface area contributed by atoms with E-state index in [0.717, 1.165) is 40.4 Å². The number of hydrogen-bond donors (Lipinski definition) is 0. The average Bonchev–Trinajstić information content (AvgIpc) is 3.32. The second-order valence-corrected chi connectivity index (χ2v) is 9.15. The Morgan fingerprint density at radius 3 is 2.58 bits per heavy atom. The highest BCUT2D eigenvalue weighted by Crippen LogP contribution is 2.31. The maximum atomic E-state index is 13.4. The molecule has 4 nitrogen and oxygen atoms in total. The van der Waals surface area contributed by atoms with Crippen LogP contribution in [0.2, 0.25) is 0 Å². The van der Waals surface area contributed by atoms with Crippen molar-refractivity contribution >= 4 is 16.8 Å². The summed E-state index contributed by atoms with van der Waals surface area (Å²) in [5.74, 6) is 0.0686. The molecule has 5 rings (SSSR count). The number of hydrogen-bond acceptors (Lipinski definition) is 3. The lowest BCUT2D eigenvalue weighted by Gasteiger charge is -2.19. The first-order valence-corrected chi connectivity index (χ1v) is 11.9. The van der Waals surface area contributed by atoms with Crippen LogP contribution < -0.4 is 4.74 Å². The fourth-order valence-corrected chi connectivity index (χ4v) is 5.01. The topological polar surface area (TPSA) is 42.4 Å². The molecule has 1 aromatic heterocycles. The number of likely N-dealkylation sites (tertiary alicyclic amines) is 1. The summed E-state index contributed by atoms with van der Waals surface area (Å²) in [4.78, 5) is 19.8. The van der Waals surface area contributed by atoms with Crippen LogP contribution in [0.3, 0.4) is 0 Å². The van der Waals surface area contributed by atoms with Crippen molar-refractivity contribution in [3.8, 4) is 16.9 Å². The fourth-order valence-electron chi connectivity index (χ4n) is 5.01. The molecule has 0 bridgehead atoms. The number of pyridine rings is 1. The van der Waals surface area contributed by atoms with Crippen molar-refractivity contribution in [1.82, 2.24) is 9.88 Å². The van der Waals surface area contributed by atoms with Crippen LogP contribution in [0.15, 0.2) is 79.0 Å². The van der Waals surface area contributed by atoms with Crippen LogP contribution in [0.1, 0.15) is 27.9 Å². The molecule has 7 heteroatoms. The Hall–Kier alpha value is -3.87. The van der Waals surface area contributed by atoms with E-state index in [1.807, 2.05) is 54.4 Å². The Bertz CT molecular complexity index is 1390. The molecule has 0 aliphatic carbocycles. The van der Waals surface area contributed by atoms with E-state index in [1.54, 1.807) is 12.1 Å². The number of amides is 1. The van der Waals surface area contributed by atoms with Gasteiger partial charge in [-0.25, -0.2) is 0 Å². The second kappa shape index (κ2) is 9.64. The van der Waals surface area contributed by atoms with E-state index in [0.29, 0.717) is 24.6 Å². The number of aromatic nitrogens is 1. The maximum absolute atomic E-state index is 13.4. The summed E-state index contributed by atoms with van der Waals surface area (Å²) in [7, 11) is 0. The van der Waals surface area contributed by atoms with E-state index in [4.69, 9.17) is 0 Å². The smallest absolute Gasteiger partial charge is 0.406 e. The van der Waals surface area contributed by atoms with Crippen molar-refractivity contribution in [3.63, 3.8) is 0 Å². The minimum atomic E-state index is -4.73. The van der Waals surface area contributed by atoms with Crippen molar-refractivity contribution in [2.75, 3.05) is 13.1 Å². The normalized spacial score (nSPS) is 15.9. The van der Waals surface area contributed by atoms with Gasteiger partial charge in [-0.05, 0) is 78.3 Å². The van der Waals surface area contributed by atoms with Crippen molar-refractivity contribution in [2.24, 2.45) is 5.92 Å². The molecule has 0 spiro atoms. The first-order chi connectivity index (χ1) is 17.3. The van der Waals surface area contributed by atoms with Gasteiger partial charge in [-0.15, -0.1) is 13.2 Å². The molecule has 0 saturated carbocycles. The van der Waals surface area contributed by atoms with E-state index in [9.17, 15) is 18.0 Å². The number of nitrogens with zero attached hydrogens (tertiary/aromatic N) is 2. The van der Waals surface area contributed by atoms with E-state index < -0.39 is 6.36 Å². The predicted molar refractivity (Wildman–Crippen MR) is 133 cm³/mol. The van der Waals surface area contributed by atoms with Gasteiger partial charge < -0.3 is 9.64 Å². The summed E-state index contributed by atoms with van der Waals surface area (Å²) in [6.07, 6.45) is -1.08. The molecule has 0 N–H and O–H groups in total. The predicted octanol–water partition coefficient (Wildman–Crippen LogP) is 6.81. The molecule has 36 heavy (non-hydrogen) atoms. The lowest BCUT2D eigenvalue weighted by Crippen LogP contribution is -2.29. The number of benzene rings is 3. The van der Waals surface area contributed by atoms with Crippen LogP contribution in [0.5, 0.6) is 5.75 Å². The molecular weight excluding hydrogens is 465 g/mol. The van der Waals surface area contributed by atoms with Gasteiger partial charge in [-0.3, -0.25) is 9.78 Å². The van der Waals surface area contributed by atoms with Crippen molar-refractivity contribution < 1.29 is 22.7 Å². The molecule has 184 valence electrons. The third-order valence-electron chi connectivity index (χ3n) is 6.78. The lowest BCUT2D eigenvalue weighted by atomic mass is 9.95. The van der Waals surface area contributed by atoms with E-state index in [1.165, 1.54) is 17.7 Å². The lowest BCUT2D eigenvalue weighted by molar-refractivity contribution is -0.274. The van der Waals surface area contributed by atoms with Crippen LogP contribution in [0, 0.1) is 12.8 Å². The van der Waals surface area contributed by atoms with Crippen molar-refractivity contribution in [2.45, 2.75) is 26.1 Å². The van der Waals surface area contributed by atoms with E-state index in [2.05, 4.69) is 21.9 Å². The number of carbonyl (C=O) groups is 1. The van der Waals surface area contributed by atoms with Gasteiger partial charge in [0.1, 0.15) is 5.75 Å². The highest BCUT2D eigenvalue weighted by Gasteiger charge is 2.31. The summed E-state index contributed by atoms with van der Waals surface area (Å²) < 4.78 is 41.4. The standard InChI is InChI=1S/C29H25F3N2O2/c1-19-24(21-9-11-23(12-10-21)36-29(30,31)32)6-4-7-25(19)28(35)34-16-14-20(18-34)17-22-13-15-33-27-8-3-2-5-26(22)27/h2-13,15,20H,14,16-18H2,1H3/t20-/m1/s1. The van der Waals surface area contributed by atoms with Crippen LogP contribution in [-0.2, 0) is 6.42 Å². The zero-order valence-electron chi connectivity index (χ0n) is 19.8. The molecule has 1 saturated heterocycles. The maximum Gasteiger partial charge on any atom is 0.573 e. The zero-order chi connectivity index (χ0) is 25.3. The quantitative estimate of drug-likeness (QED) is 0.309. The van der Waals surface area contributed by atoms with Gasteiger partial charge in [0.05, 0.1) is 5.52 Å². The molecule has 1 aliphatic rings. The van der Waals surface area contributed by atoms with Crippen LogP contribution in [0.4, 0.5) is 13.2 Å². The number of rotatable bonds is 5. The highest BCUT2D eigenvalue weighted by atomic mass is 19.4. The van der Waals surface area contributed by atoms with Crippen molar-refractivity contribution in [3.05, 3.63) is 95.7 Å². The zero-order valence-corrected chi connectivity index (χ0v) is 19.8. The van der Waals surface area contributed by atoms with Crippen LogP contribution >= 0.6 is 0 Å². The van der Waals surface area contributed by atoms with E-state index >= 15 is 0 Å². The summed E-state index contributed by atoms with van der Waals surface area (Å²) in [6.45, 7) is 3.25. The summed E-state index contributed by atoms with van der Waals surface area (Å²) >= 11 is 0. The first kappa shape index (κ1) is 23.9. The third kappa shape index (κ3) is 5.05. The van der Waals surface area contributed by atoms with Crippen LogP contribution in [0.25, 0.3) is 22.0 Å². The van der Waals surface area contributed by atoms with Gasteiger partial charge in [0, 0.05) is 30.2 Å². The van der Waals surface area contributed by atoms with Crippen molar-refractivity contribution in [1.29, 1.82) is 0 Å². The Kier molecular flexibility index (Phi) is 6.39. The fraction of sp³-hybridized carbons (Fsp3) is 0.241. The largest absolute Gasteiger partial charge is 0.573 e.